The molecule has 0 spiro atoms. The first-order valence-electron chi connectivity index (χ1n) is 6.38. The van der Waals surface area contributed by atoms with Crippen LogP contribution in [0.25, 0.3) is 5.65 Å². The first-order valence-corrected chi connectivity index (χ1v) is 7.64. The summed E-state index contributed by atoms with van der Waals surface area (Å²) in [5, 5.41) is 6.35. The topological polar surface area (TPSA) is 59.3 Å². The van der Waals surface area contributed by atoms with Crippen LogP contribution in [-0.4, -0.2) is 20.3 Å². The van der Waals surface area contributed by atoms with Crippen molar-refractivity contribution in [3.8, 4) is 0 Å². The van der Waals surface area contributed by atoms with Gasteiger partial charge in [-0.05, 0) is 26.0 Å². The molecule has 0 saturated heterocycles. The highest BCUT2D eigenvalue weighted by Gasteiger charge is 2.16. The minimum Gasteiger partial charge on any atom is -0.345 e. The molecule has 0 fully saturated rings. The molecule has 1 N–H and O–H groups in total. The van der Waals surface area contributed by atoms with Crippen LogP contribution in [0, 0.1) is 13.8 Å². The van der Waals surface area contributed by atoms with Gasteiger partial charge in [0.05, 0.1) is 28.0 Å². The zero-order valence-electron chi connectivity index (χ0n) is 11.6. The van der Waals surface area contributed by atoms with E-state index in [0.29, 0.717) is 28.6 Å². The Labute approximate surface area is 130 Å². The van der Waals surface area contributed by atoms with Gasteiger partial charge in [-0.1, -0.05) is 11.6 Å². The fraction of sp³-hybridized carbons (Fsp3) is 0.214. The number of hydrogen-bond acceptors (Lipinski definition) is 4. The molecule has 3 heterocycles. The molecular formula is C14H13ClN4OS. The Morgan fingerprint density at radius 1 is 1.38 bits per heavy atom. The Morgan fingerprint density at radius 2 is 2.19 bits per heavy atom. The number of aromatic nitrogens is 3. The highest BCUT2D eigenvalue weighted by atomic mass is 35.5. The largest absolute Gasteiger partial charge is 0.345 e. The average molecular weight is 321 g/mol. The second-order valence-corrected chi connectivity index (χ2v) is 6.16. The van der Waals surface area contributed by atoms with Crippen molar-refractivity contribution in [2.45, 2.75) is 20.4 Å². The summed E-state index contributed by atoms with van der Waals surface area (Å²) < 4.78 is 1.71. The van der Waals surface area contributed by atoms with Crippen LogP contribution in [0.15, 0.2) is 23.7 Å². The smallest absolute Gasteiger partial charge is 0.270 e. The van der Waals surface area contributed by atoms with Gasteiger partial charge < -0.3 is 5.32 Å². The molecule has 0 aliphatic carbocycles. The molecule has 3 rings (SSSR count). The number of fused-ring (bicyclic) bond motifs is 1. The molecule has 0 bridgehead atoms. The molecule has 0 radical (unpaired) electrons. The van der Waals surface area contributed by atoms with Crippen LogP contribution in [0.4, 0.5) is 0 Å². The fourth-order valence-corrected chi connectivity index (χ4v) is 2.93. The lowest BCUT2D eigenvalue weighted by Gasteiger charge is -2.05. The van der Waals surface area contributed by atoms with Crippen molar-refractivity contribution < 1.29 is 4.79 Å². The summed E-state index contributed by atoms with van der Waals surface area (Å²) in [5.41, 5.74) is 2.73. The molecule has 108 valence electrons. The minimum absolute atomic E-state index is 0.187. The van der Waals surface area contributed by atoms with Crippen molar-refractivity contribution in [1.29, 1.82) is 0 Å². The highest BCUT2D eigenvalue weighted by Crippen LogP contribution is 2.16. The van der Waals surface area contributed by atoms with E-state index in [0.717, 1.165) is 10.7 Å². The second-order valence-electron chi connectivity index (χ2n) is 4.66. The van der Waals surface area contributed by atoms with Gasteiger partial charge in [0.15, 0.2) is 0 Å². The maximum absolute atomic E-state index is 12.4. The van der Waals surface area contributed by atoms with Crippen LogP contribution in [0.5, 0.6) is 0 Å². The monoisotopic (exact) mass is 320 g/mol. The number of imidazole rings is 1. The van der Waals surface area contributed by atoms with Gasteiger partial charge in [-0.15, -0.1) is 11.3 Å². The molecule has 7 heteroatoms. The van der Waals surface area contributed by atoms with E-state index in [1.165, 1.54) is 0 Å². The zero-order valence-corrected chi connectivity index (χ0v) is 13.1. The third-order valence-electron chi connectivity index (χ3n) is 3.07. The third kappa shape index (κ3) is 2.77. The van der Waals surface area contributed by atoms with Gasteiger partial charge in [-0.25, -0.2) is 9.97 Å². The summed E-state index contributed by atoms with van der Waals surface area (Å²) in [6.45, 7) is 4.14. The number of thiazole rings is 1. The maximum atomic E-state index is 12.4. The number of nitrogens with one attached hydrogen (secondary N) is 1. The van der Waals surface area contributed by atoms with E-state index >= 15 is 0 Å². The Bertz CT molecular complexity index is 824. The van der Waals surface area contributed by atoms with Crippen molar-refractivity contribution in [2.24, 2.45) is 0 Å². The predicted octanol–water partition coefficient (Wildman–Crippen LogP) is 2.99. The molecule has 0 aliphatic heterocycles. The SMILES string of the molecule is Cc1nc(CNC(=O)c2c(C)nc3ccc(Cl)cn23)cs1. The van der Waals surface area contributed by atoms with E-state index in [1.54, 1.807) is 34.1 Å². The number of carbonyl (C=O) groups excluding carboxylic acids is 1. The standard InChI is InChI=1S/C14H13ClN4OS/c1-8-13(19-6-10(15)3-4-12(19)17-8)14(20)16-5-11-7-21-9(2)18-11/h3-4,6-7H,5H2,1-2H3,(H,16,20). The van der Waals surface area contributed by atoms with Gasteiger partial charge in [0, 0.05) is 11.6 Å². The van der Waals surface area contributed by atoms with Crippen molar-refractivity contribution in [2.75, 3.05) is 0 Å². The summed E-state index contributed by atoms with van der Waals surface area (Å²) in [6, 6.07) is 3.54. The number of amides is 1. The Hall–Kier alpha value is -1.92. The zero-order chi connectivity index (χ0) is 15.0. The number of pyridine rings is 1. The average Bonchev–Trinajstić information content (AvgIpc) is 2.98. The van der Waals surface area contributed by atoms with Gasteiger partial charge >= 0.3 is 0 Å². The highest BCUT2D eigenvalue weighted by molar-refractivity contribution is 7.09. The van der Waals surface area contributed by atoms with E-state index in [2.05, 4.69) is 15.3 Å². The van der Waals surface area contributed by atoms with Crippen molar-refractivity contribution in [3.63, 3.8) is 0 Å². The van der Waals surface area contributed by atoms with Gasteiger partial charge in [0.1, 0.15) is 11.3 Å². The third-order valence-corrected chi connectivity index (χ3v) is 4.11. The molecule has 3 aromatic rings. The molecule has 5 nitrogen and oxygen atoms in total. The van der Waals surface area contributed by atoms with Gasteiger partial charge in [0.25, 0.3) is 5.91 Å². The molecular weight excluding hydrogens is 308 g/mol. The van der Waals surface area contributed by atoms with Crippen LogP contribution < -0.4 is 5.32 Å². The molecule has 21 heavy (non-hydrogen) atoms. The summed E-state index contributed by atoms with van der Waals surface area (Å²) >= 11 is 7.56. The van der Waals surface area contributed by atoms with E-state index in [4.69, 9.17) is 11.6 Å². The lowest BCUT2D eigenvalue weighted by Crippen LogP contribution is -2.25. The van der Waals surface area contributed by atoms with Crippen molar-refractivity contribution in [1.82, 2.24) is 19.7 Å². The Morgan fingerprint density at radius 3 is 2.90 bits per heavy atom. The van der Waals surface area contributed by atoms with E-state index < -0.39 is 0 Å². The van der Waals surface area contributed by atoms with Crippen molar-refractivity contribution >= 4 is 34.5 Å². The van der Waals surface area contributed by atoms with E-state index in [1.807, 2.05) is 19.2 Å². The van der Waals surface area contributed by atoms with Crippen LogP contribution >= 0.6 is 22.9 Å². The van der Waals surface area contributed by atoms with Gasteiger partial charge in [-0.2, -0.15) is 0 Å². The number of halogens is 1. The summed E-state index contributed by atoms with van der Waals surface area (Å²) in [7, 11) is 0. The Kier molecular flexibility index (Phi) is 3.65. The van der Waals surface area contributed by atoms with Crippen LogP contribution in [0.1, 0.15) is 26.9 Å². The molecule has 0 saturated carbocycles. The molecule has 1 amide bonds. The molecule has 0 aromatic carbocycles. The number of aryl methyl sites for hydroxylation is 2. The number of nitrogens with zero attached hydrogens (tertiary/aromatic N) is 3. The van der Waals surface area contributed by atoms with Gasteiger partial charge in [-0.3, -0.25) is 9.20 Å². The van der Waals surface area contributed by atoms with Gasteiger partial charge in [0.2, 0.25) is 0 Å². The number of hydrogen-bond donors (Lipinski definition) is 1. The lowest BCUT2D eigenvalue weighted by atomic mass is 10.3. The number of carbonyl (C=O) groups is 1. The maximum Gasteiger partial charge on any atom is 0.270 e. The van der Waals surface area contributed by atoms with Crippen molar-refractivity contribution in [3.05, 3.63) is 50.8 Å². The summed E-state index contributed by atoms with van der Waals surface area (Å²) in [4.78, 5) is 21.1. The molecule has 0 unspecified atom stereocenters. The molecule has 3 aromatic heterocycles. The van der Waals surface area contributed by atoms with E-state index in [9.17, 15) is 4.79 Å². The Balaban J connectivity index is 1.87. The second kappa shape index (κ2) is 5.46. The quantitative estimate of drug-likeness (QED) is 0.807. The van der Waals surface area contributed by atoms with Crippen LogP contribution in [0.2, 0.25) is 5.02 Å². The van der Waals surface area contributed by atoms with Crippen LogP contribution in [0.3, 0.4) is 0 Å². The van der Waals surface area contributed by atoms with E-state index in [-0.39, 0.29) is 5.91 Å². The number of rotatable bonds is 3. The minimum atomic E-state index is -0.187. The normalized spacial score (nSPS) is 11.0. The molecule has 0 atom stereocenters. The van der Waals surface area contributed by atoms with Crippen LogP contribution in [-0.2, 0) is 6.54 Å². The fourth-order valence-electron chi connectivity index (χ4n) is 2.15. The predicted molar refractivity (Wildman–Crippen MR) is 83.0 cm³/mol. The first-order chi connectivity index (χ1) is 10.0. The molecule has 0 aliphatic rings. The summed E-state index contributed by atoms with van der Waals surface area (Å²) in [6.07, 6.45) is 1.69. The summed E-state index contributed by atoms with van der Waals surface area (Å²) in [5.74, 6) is -0.187. The first kappa shape index (κ1) is 14.0. The lowest BCUT2D eigenvalue weighted by molar-refractivity contribution is 0.0944.